The van der Waals surface area contributed by atoms with Crippen LogP contribution in [-0.2, 0) is 4.84 Å². The van der Waals surface area contributed by atoms with Crippen LogP contribution in [-0.4, -0.2) is 37.0 Å². The number of piperidine rings is 1. The van der Waals surface area contributed by atoms with Gasteiger partial charge in [0.25, 0.3) is 5.91 Å². The maximum atomic E-state index is 11.8. The van der Waals surface area contributed by atoms with Gasteiger partial charge in [0.1, 0.15) is 0 Å². The van der Waals surface area contributed by atoms with Gasteiger partial charge in [-0.2, -0.15) is 0 Å². The molecule has 1 aromatic carbocycles. The van der Waals surface area contributed by atoms with Crippen LogP contribution in [0.3, 0.4) is 0 Å². The molecule has 1 aliphatic heterocycles. The monoisotopic (exact) mass is 326 g/mol. The van der Waals surface area contributed by atoms with Crippen molar-refractivity contribution in [2.24, 2.45) is 0 Å². The number of rotatable bonds is 5. The van der Waals surface area contributed by atoms with E-state index in [0.29, 0.717) is 12.2 Å². The average Bonchev–Trinajstić information content (AvgIpc) is 2.45. The van der Waals surface area contributed by atoms with Gasteiger partial charge in [-0.1, -0.05) is 18.6 Å². The SMILES string of the molecule is O=C(NOCCN1CCCCC1)c1ccccc1Br. The summed E-state index contributed by atoms with van der Waals surface area (Å²) >= 11 is 3.34. The highest BCUT2D eigenvalue weighted by Crippen LogP contribution is 2.15. The van der Waals surface area contributed by atoms with Crippen LogP contribution in [0.5, 0.6) is 0 Å². The van der Waals surface area contributed by atoms with Crippen LogP contribution in [0, 0.1) is 0 Å². The molecule has 1 amide bonds. The van der Waals surface area contributed by atoms with Crippen LogP contribution in [0.4, 0.5) is 0 Å². The zero-order valence-corrected chi connectivity index (χ0v) is 12.5. The number of carbonyl (C=O) groups excluding carboxylic acids is 1. The van der Waals surface area contributed by atoms with Crippen molar-refractivity contribution in [2.45, 2.75) is 19.3 Å². The third-order valence-corrected chi connectivity index (χ3v) is 3.93. The van der Waals surface area contributed by atoms with E-state index in [0.717, 1.165) is 24.1 Å². The van der Waals surface area contributed by atoms with Crippen molar-refractivity contribution >= 4 is 21.8 Å². The highest BCUT2D eigenvalue weighted by Gasteiger charge is 2.11. The van der Waals surface area contributed by atoms with Gasteiger partial charge in [0.05, 0.1) is 12.2 Å². The molecule has 0 aromatic heterocycles. The average molecular weight is 327 g/mol. The first-order valence-electron chi connectivity index (χ1n) is 6.66. The minimum Gasteiger partial charge on any atom is -0.301 e. The summed E-state index contributed by atoms with van der Waals surface area (Å²) in [6.45, 7) is 3.68. The second-order valence-electron chi connectivity index (χ2n) is 4.66. The number of hydrogen-bond donors (Lipinski definition) is 1. The topological polar surface area (TPSA) is 41.6 Å². The Morgan fingerprint density at radius 1 is 1.26 bits per heavy atom. The molecule has 1 heterocycles. The van der Waals surface area contributed by atoms with Crippen molar-refractivity contribution in [1.82, 2.24) is 10.4 Å². The summed E-state index contributed by atoms with van der Waals surface area (Å²) in [7, 11) is 0. The molecule has 2 rings (SSSR count). The van der Waals surface area contributed by atoms with Gasteiger partial charge in [0, 0.05) is 11.0 Å². The number of carbonyl (C=O) groups is 1. The molecule has 1 fully saturated rings. The number of nitrogens with one attached hydrogen (secondary N) is 1. The van der Waals surface area contributed by atoms with Crippen LogP contribution in [0.25, 0.3) is 0 Å². The Hall–Kier alpha value is -0.910. The van der Waals surface area contributed by atoms with Crippen molar-refractivity contribution in [3.8, 4) is 0 Å². The van der Waals surface area contributed by atoms with Crippen molar-refractivity contribution in [3.63, 3.8) is 0 Å². The van der Waals surface area contributed by atoms with Gasteiger partial charge in [0.15, 0.2) is 0 Å². The molecule has 0 atom stereocenters. The van der Waals surface area contributed by atoms with Gasteiger partial charge < -0.3 is 4.90 Å². The quantitative estimate of drug-likeness (QED) is 0.668. The predicted octanol–water partition coefficient (Wildman–Crippen LogP) is 2.60. The summed E-state index contributed by atoms with van der Waals surface area (Å²) in [5.74, 6) is -0.217. The second-order valence-corrected chi connectivity index (χ2v) is 5.52. The van der Waals surface area contributed by atoms with E-state index in [9.17, 15) is 4.79 Å². The lowest BCUT2D eigenvalue weighted by Crippen LogP contribution is -2.35. The predicted molar refractivity (Wildman–Crippen MR) is 77.9 cm³/mol. The minimum atomic E-state index is -0.217. The third kappa shape index (κ3) is 4.60. The molecular weight excluding hydrogens is 308 g/mol. The number of benzene rings is 1. The minimum absolute atomic E-state index is 0.217. The third-order valence-electron chi connectivity index (χ3n) is 3.24. The maximum Gasteiger partial charge on any atom is 0.275 e. The van der Waals surface area contributed by atoms with Crippen molar-refractivity contribution < 1.29 is 9.63 Å². The zero-order valence-electron chi connectivity index (χ0n) is 10.9. The number of likely N-dealkylation sites (tertiary alicyclic amines) is 1. The number of halogens is 1. The normalized spacial score (nSPS) is 16.3. The Balaban J connectivity index is 1.68. The number of hydroxylamine groups is 1. The summed E-state index contributed by atoms with van der Waals surface area (Å²) in [4.78, 5) is 19.5. The van der Waals surface area contributed by atoms with E-state index in [2.05, 4.69) is 26.3 Å². The Labute approximate surface area is 122 Å². The number of amides is 1. The summed E-state index contributed by atoms with van der Waals surface area (Å²) in [5.41, 5.74) is 3.07. The lowest BCUT2D eigenvalue weighted by molar-refractivity contribution is 0.0205. The van der Waals surface area contributed by atoms with Gasteiger partial charge in [-0.3, -0.25) is 9.63 Å². The molecule has 1 N–H and O–H groups in total. The van der Waals surface area contributed by atoms with Crippen molar-refractivity contribution in [3.05, 3.63) is 34.3 Å². The second kappa shape index (κ2) is 7.62. The number of nitrogens with zero attached hydrogens (tertiary/aromatic N) is 1. The van der Waals surface area contributed by atoms with Crippen molar-refractivity contribution in [2.75, 3.05) is 26.2 Å². The van der Waals surface area contributed by atoms with E-state index in [-0.39, 0.29) is 5.91 Å². The Kier molecular flexibility index (Phi) is 5.82. The smallest absolute Gasteiger partial charge is 0.275 e. The molecule has 0 spiro atoms. The molecule has 104 valence electrons. The Bertz CT molecular complexity index is 420. The molecular formula is C14H19BrN2O2. The molecule has 0 unspecified atom stereocenters. The molecule has 4 nitrogen and oxygen atoms in total. The van der Waals surface area contributed by atoms with Crippen LogP contribution >= 0.6 is 15.9 Å². The fourth-order valence-corrected chi connectivity index (χ4v) is 2.64. The van der Waals surface area contributed by atoms with Crippen molar-refractivity contribution in [1.29, 1.82) is 0 Å². The van der Waals surface area contributed by atoms with Crippen LogP contribution in [0.1, 0.15) is 29.6 Å². The molecule has 1 saturated heterocycles. The first-order chi connectivity index (χ1) is 9.27. The van der Waals surface area contributed by atoms with E-state index in [1.165, 1.54) is 19.3 Å². The molecule has 1 aromatic rings. The van der Waals surface area contributed by atoms with E-state index >= 15 is 0 Å². The first kappa shape index (κ1) is 14.5. The van der Waals surface area contributed by atoms with Crippen LogP contribution in [0.2, 0.25) is 0 Å². The number of hydrogen-bond acceptors (Lipinski definition) is 3. The molecule has 0 aliphatic carbocycles. The fourth-order valence-electron chi connectivity index (χ4n) is 2.17. The standard InChI is InChI=1S/C14H19BrN2O2/c15-13-7-3-2-6-12(13)14(18)16-19-11-10-17-8-4-1-5-9-17/h2-3,6-7H,1,4-5,8-11H2,(H,16,18). The van der Waals surface area contributed by atoms with Gasteiger partial charge in [-0.15, -0.1) is 0 Å². The summed E-state index contributed by atoms with van der Waals surface area (Å²) < 4.78 is 0.770. The summed E-state index contributed by atoms with van der Waals surface area (Å²) in [5, 5.41) is 0. The van der Waals surface area contributed by atoms with Gasteiger partial charge in [-0.05, 0) is 54.0 Å². The molecule has 0 radical (unpaired) electrons. The van der Waals surface area contributed by atoms with Gasteiger partial charge in [-0.25, -0.2) is 5.48 Å². The fraction of sp³-hybridized carbons (Fsp3) is 0.500. The lowest BCUT2D eigenvalue weighted by atomic mass is 10.1. The molecule has 19 heavy (non-hydrogen) atoms. The Morgan fingerprint density at radius 2 is 2.00 bits per heavy atom. The van der Waals surface area contributed by atoms with Gasteiger partial charge >= 0.3 is 0 Å². The lowest BCUT2D eigenvalue weighted by Gasteiger charge is -2.25. The highest BCUT2D eigenvalue weighted by atomic mass is 79.9. The maximum absolute atomic E-state index is 11.8. The molecule has 1 aliphatic rings. The summed E-state index contributed by atoms with van der Waals surface area (Å²) in [6.07, 6.45) is 3.86. The zero-order chi connectivity index (χ0) is 13.5. The largest absolute Gasteiger partial charge is 0.301 e. The van der Waals surface area contributed by atoms with E-state index < -0.39 is 0 Å². The molecule has 0 saturated carbocycles. The van der Waals surface area contributed by atoms with Crippen LogP contribution < -0.4 is 5.48 Å². The Morgan fingerprint density at radius 3 is 2.74 bits per heavy atom. The van der Waals surface area contributed by atoms with E-state index in [1.54, 1.807) is 6.07 Å². The molecule has 0 bridgehead atoms. The highest BCUT2D eigenvalue weighted by molar-refractivity contribution is 9.10. The van der Waals surface area contributed by atoms with Gasteiger partial charge in [0.2, 0.25) is 0 Å². The first-order valence-corrected chi connectivity index (χ1v) is 7.45. The van der Waals surface area contributed by atoms with E-state index in [4.69, 9.17) is 4.84 Å². The van der Waals surface area contributed by atoms with Crippen LogP contribution in [0.15, 0.2) is 28.7 Å². The summed E-state index contributed by atoms with van der Waals surface area (Å²) in [6, 6.07) is 7.29. The van der Waals surface area contributed by atoms with E-state index in [1.807, 2.05) is 18.2 Å². The molecule has 5 heteroatoms.